The standard InChI is InChI=1S/C18H26N6O2/c1-23-5-4-21-17(23)11-24-6-7-25-14-18(13-24)8-15(12-26-18)9-22-16-10-19-2-3-20-16/h2-5,10,15H,6-9,11-14H2,1H3,(H,20,22)/t15-,18+/m1/s1. The maximum atomic E-state index is 6.27. The van der Waals surface area contributed by atoms with Crippen molar-refractivity contribution in [3.8, 4) is 0 Å². The van der Waals surface area contributed by atoms with E-state index in [0.29, 0.717) is 12.5 Å². The van der Waals surface area contributed by atoms with Crippen molar-refractivity contribution in [2.24, 2.45) is 13.0 Å². The molecule has 0 amide bonds. The number of nitrogens with zero attached hydrogens (tertiary/aromatic N) is 5. The molecule has 0 aliphatic carbocycles. The maximum Gasteiger partial charge on any atom is 0.144 e. The van der Waals surface area contributed by atoms with E-state index in [1.807, 2.05) is 19.4 Å². The van der Waals surface area contributed by atoms with Crippen LogP contribution in [-0.4, -0.2) is 69.5 Å². The molecule has 4 rings (SSSR count). The molecule has 140 valence electrons. The molecule has 0 radical (unpaired) electrons. The molecule has 0 bridgehead atoms. The fourth-order valence-corrected chi connectivity index (χ4v) is 3.79. The molecule has 1 spiro atoms. The van der Waals surface area contributed by atoms with E-state index in [2.05, 4.69) is 29.7 Å². The highest BCUT2D eigenvalue weighted by atomic mass is 16.5. The lowest BCUT2D eigenvalue weighted by Gasteiger charge is -2.31. The van der Waals surface area contributed by atoms with Crippen LogP contribution < -0.4 is 5.32 Å². The van der Waals surface area contributed by atoms with E-state index in [1.165, 1.54) is 0 Å². The average Bonchev–Trinajstić information content (AvgIpc) is 3.18. The summed E-state index contributed by atoms with van der Waals surface area (Å²) < 4.78 is 14.2. The molecule has 0 unspecified atom stereocenters. The molecule has 4 heterocycles. The molecule has 26 heavy (non-hydrogen) atoms. The summed E-state index contributed by atoms with van der Waals surface area (Å²) in [5, 5.41) is 3.36. The first kappa shape index (κ1) is 17.4. The lowest BCUT2D eigenvalue weighted by molar-refractivity contribution is -0.0564. The number of ether oxygens (including phenoxy) is 2. The van der Waals surface area contributed by atoms with Crippen LogP contribution in [0.1, 0.15) is 12.2 Å². The van der Waals surface area contributed by atoms with Crippen molar-refractivity contribution in [2.45, 2.75) is 18.6 Å². The van der Waals surface area contributed by atoms with Gasteiger partial charge in [0.1, 0.15) is 17.2 Å². The van der Waals surface area contributed by atoms with Gasteiger partial charge < -0.3 is 19.4 Å². The van der Waals surface area contributed by atoms with Crippen molar-refractivity contribution in [1.29, 1.82) is 0 Å². The first-order valence-corrected chi connectivity index (χ1v) is 9.13. The Morgan fingerprint density at radius 2 is 2.27 bits per heavy atom. The molecule has 8 nitrogen and oxygen atoms in total. The molecule has 2 saturated heterocycles. The van der Waals surface area contributed by atoms with Crippen LogP contribution >= 0.6 is 0 Å². The smallest absolute Gasteiger partial charge is 0.144 e. The second-order valence-electron chi connectivity index (χ2n) is 7.25. The van der Waals surface area contributed by atoms with Crippen LogP contribution in [-0.2, 0) is 23.1 Å². The highest BCUT2D eigenvalue weighted by Crippen LogP contribution is 2.33. The number of hydrogen-bond donors (Lipinski definition) is 1. The quantitative estimate of drug-likeness (QED) is 0.852. The maximum absolute atomic E-state index is 6.27. The molecule has 2 atom stereocenters. The van der Waals surface area contributed by atoms with Gasteiger partial charge in [0.25, 0.3) is 0 Å². The summed E-state index contributed by atoms with van der Waals surface area (Å²) in [5.74, 6) is 2.32. The van der Waals surface area contributed by atoms with Crippen LogP contribution in [0.3, 0.4) is 0 Å². The van der Waals surface area contributed by atoms with Crippen LogP contribution in [0.2, 0.25) is 0 Å². The summed E-state index contributed by atoms with van der Waals surface area (Å²) in [7, 11) is 2.03. The van der Waals surface area contributed by atoms with Gasteiger partial charge in [-0.3, -0.25) is 9.88 Å². The monoisotopic (exact) mass is 358 g/mol. The lowest BCUT2D eigenvalue weighted by Crippen LogP contribution is -2.44. The summed E-state index contributed by atoms with van der Waals surface area (Å²) in [5.41, 5.74) is -0.226. The van der Waals surface area contributed by atoms with Gasteiger partial charge in [-0.2, -0.15) is 0 Å². The third-order valence-electron chi connectivity index (χ3n) is 5.14. The van der Waals surface area contributed by atoms with E-state index >= 15 is 0 Å². The third-order valence-corrected chi connectivity index (χ3v) is 5.14. The van der Waals surface area contributed by atoms with Gasteiger partial charge in [0.2, 0.25) is 0 Å². The molecule has 8 heteroatoms. The Bertz CT molecular complexity index is 709. The van der Waals surface area contributed by atoms with Crippen molar-refractivity contribution >= 4 is 5.82 Å². The summed E-state index contributed by atoms with van der Waals surface area (Å²) in [4.78, 5) is 15.2. The van der Waals surface area contributed by atoms with Gasteiger partial charge in [-0.1, -0.05) is 0 Å². The minimum Gasteiger partial charge on any atom is -0.377 e. The number of aryl methyl sites for hydroxylation is 1. The minimum atomic E-state index is -0.226. The number of aromatic nitrogens is 4. The number of nitrogens with one attached hydrogen (secondary N) is 1. The van der Waals surface area contributed by atoms with Crippen molar-refractivity contribution in [3.05, 3.63) is 36.8 Å². The summed E-state index contributed by atoms with van der Waals surface area (Å²) in [6, 6.07) is 0. The zero-order chi connectivity index (χ0) is 17.8. The van der Waals surface area contributed by atoms with E-state index in [4.69, 9.17) is 9.47 Å². The number of rotatable bonds is 5. The Kier molecular flexibility index (Phi) is 5.14. The molecule has 2 aromatic heterocycles. The fraction of sp³-hybridized carbons (Fsp3) is 0.611. The Labute approximate surface area is 153 Å². The molecular weight excluding hydrogens is 332 g/mol. The fourth-order valence-electron chi connectivity index (χ4n) is 3.79. The Morgan fingerprint density at radius 1 is 1.31 bits per heavy atom. The normalized spacial score (nSPS) is 26.9. The Hall–Kier alpha value is -2.03. The highest BCUT2D eigenvalue weighted by molar-refractivity contribution is 5.29. The van der Waals surface area contributed by atoms with Crippen molar-refractivity contribution in [3.63, 3.8) is 0 Å². The van der Waals surface area contributed by atoms with Gasteiger partial charge in [-0.25, -0.2) is 9.97 Å². The van der Waals surface area contributed by atoms with E-state index in [0.717, 1.165) is 57.5 Å². The van der Waals surface area contributed by atoms with Crippen molar-refractivity contribution in [2.75, 3.05) is 44.8 Å². The van der Waals surface area contributed by atoms with Gasteiger partial charge in [0.05, 0.1) is 32.6 Å². The topological polar surface area (TPSA) is 77.3 Å². The molecule has 2 aromatic rings. The van der Waals surface area contributed by atoms with Gasteiger partial charge >= 0.3 is 0 Å². The average molecular weight is 358 g/mol. The van der Waals surface area contributed by atoms with E-state index in [1.54, 1.807) is 18.6 Å². The predicted octanol–water partition coefficient (Wildman–Crippen LogP) is 0.930. The number of hydrogen-bond acceptors (Lipinski definition) is 7. The first-order valence-electron chi connectivity index (χ1n) is 9.13. The minimum absolute atomic E-state index is 0.226. The van der Waals surface area contributed by atoms with Crippen LogP contribution in [0.25, 0.3) is 0 Å². The molecule has 2 aliphatic heterocycles. The van der Waals surface area contributed by atoms with Crippen molar-refractivity contribution < 1.29 is 9.47 Å². The second-order valence-corrected chi connectivity index (χ2v) is 7.25. The van der Waals surface area contributed by atoms with Gasteiger partial charge in [-0.05, 0) is 6.42 Å². The zero-order valence-corrected chi connectivity index (χ0v) is 15.2. The molecule has 2 aliphatic rings. The summed E-state index contributed by atoms with van der Waals surface area (Å²) >= 11 is 0. The van der Waals surface area contributed by atoms with Crippen LogP contribution in [0.4, 0.5) is 5.82 Å². The van der Waals surface area contributed by atoms with Gasteiger partial charge in [0, 0.05) is 57.4 Å². The summed E-state index contributed by atoms with van der Waals surface area (Å²) in [6.45, 7) is 5.57. The summed E-state index contributed by atoms with van der Waals surface area (Å²) in [6.07, 6.45) is 9.94. The predicted molar refractivity (Wildman–Crippen MR) is 96.6 cm³/mol. The second kappa shape index (κ2) is 7.69. The molecule has 0 aromatic carbocycles. The molecule has 0 saturated carbocycles. The highest BCUT2D eigenvalue weighted by Gasteiger charge is 2.43. The zero-order valence-electron chi connectivity index (χ0n) is 15.2. The van der Waals surface area contributed by atoms with E-state index < -0.39 is 0 Å². The first-order chi connectivity index (χ1) is 12.7. The SMILES string of the molecule is Cn1ccnc1CN1CCOC[C@]2(C[C@H](CNc3cnccn3)CO2)C1. The van der Waals surface area contributed by atoms with Crippen LogP contribution in [0, 0.1) is 5.92 Å². The van der Waals surface area contributed by atoms with Crippen LogP contribution in [0.5, 0.6) is 0 Å². The van der Waals surface area contributed by atoms with Gasteiger partial charge in [-0.15, -0.1) is 0 Å². The number of imidazole rings is 1. The van der Waals surface area contributed by atoms with Crippen molar-refractivity contribution in [1.82, 2.24) is 24.4 Å². The van der Waals surface area contributed by atoms with Gasteiger partial charge in [0.15, 0.2) is 0 Å². The third kappa shape index (κ3) is 4.03. The Morgan fingerprint density at radius 3 is 3.08 bits per heavy atom. The lowest BCUT2D eigenvalue weighted by atomic mass is 9.94. The van der Waals surface area contributed by atoms with E-state index in [-0.39, 0.29) is 5.60 Å². The largest absolute Gasteiger partial charge is 0.377 e. The van der Waals surface area contributed by atoms with Crippen LogP contribution in [0.15, 0.2) is 31.0 Å². The molecule has 1 N–H and O–H groups in total. The number of anilines is 1. The molecule has 2 fully saturated rings. The van der Waals surface area contributed by atoms with E-state index in [9.17, 15) is 0 Å². The molecular formula is C18H26N6O2. The Balaban J connectivity index is 1.35.